The first kappa shape index (κ1) is 17.1. The number of aliphatic hydroxyl groups is 1. The standard InChI is InChI=1S/C17H23N3O3/c1-11(21)12-7-5-6-8-13(12)18-14(22)9-10-15-19-16(20-23-15)17(2,3)4/h5-8,11,21H,9-10H2,1-4H3,(H,18,22). The van der Waals surface area contributed by atoms with Crippen molar-refractivity contribution in [1.82, 2.24) is 10.1 Å². The van der Waals surface area contributed by atoms with Crippen molar-refractivity contribution in [3.8, 4) is 0 Å². The van der Waals surface area contributed by atoms with Crippen LogP contribution >= 0.6 is 0 Å². The number of benzene rings is 1. The summed E-state index contributed by atoms with van der Waals surface area (Å²) >= 11 is 0. The summed E-state index contributed by atoms with van der Waals surface area (Å²) in [6.45, 7) is 7.67. The Morgan fingerprint density at radius 3 is 2.65 bits per heavy atom. The van der Waals surface area contributed by atoms with E-state index < -0.39 is 6.10 Å². The molecule has 0 fully saturated rings. The van der Waals surface area contributed by atoms with Crippen LogP contribution in [0.2, 0.25) is 0 Å². The average molecular weight is 317 g/mol. The van der Waals surface area contributed by atoms with Crippen molar-refractivity contribution in [3.05, 3.63) is 41.5 Å². The molecule has 0 radical (unpaired) electrons. The lowest BCUT2D eigenvalue weighted by Gasteiger charge is -2.12. The van der Waals surface area contributed by atoms with Gasteiger partial charge in [0.1, 0.15) is 0 Å². The van der Waals surface area contributed by atoms with Crippen molar-refractivity contribution in [2.24, 2.45) is 0 Å². The number of hydrogen-bond donors (Lipinski definition) is 2. The number of aryl methyl sites for hydroxylation is 1. The molecule has 2 rings (SSSR count). The van der Waals surface area contributed by atoms with Gasteiger partial charge in [0.25, 0.3) is 0 Å². The molecule has 6 heteroatoms. The number of amides is 1. The molecule has 1 amide bonds. The van der Waals surface area contributed by atoms with Gasteiger partial charge in [-0.3, -0.25) is 4.79 Å². The van der Waals surface area contributed by atoms with E-state index in [0.717, 1.165) is 0 Å². The summed E-state index contributed by atoms with van der Waals surface area (Å²) < 4.78 is 5.17. The normalized spacial score (nSPS) is 12.9. The van der Waals surface area contributed by atoms with Crippen LogP contribution in [0.4, 0.5) is 5.69 Å². The van der Waals surface area contributed by atoms with E-state index in [-0.39, 0.29) is 17.7 Å². The molecule has 0 aliphatic carbocycles. The summed E-state index contributed by atoms with van der Waals surface area (Å²) in [5.41, 5.74) is 1.13. The fraction of sp³-hybridized carbons (Fsp3) is 0.471. The summed E-state index contributed by atoms with van der Waals surface area (Å²) in [6.07, 6.45) is -0.0251. The van der Waals surface area contributed by atoms with Crippen LogP contribution in [-0.2, 0) is 16.6 Å². The van der Waals surface area contributed by atoms with Crippen molar-refractivity contribution < 1.29 is 14.4 Å². The smallest absolute Gasteiger partial charge is 0.227 e. The second kappa shape index (κ2) is 6.91. The maximum Gasteiger partial charge on any atom is 0.227 e. The zero-order valence-corrected chi connectivity index (χ0v) is 14.0. The molecule has 0 aliphatic heterocycles. The summed E-state index contributed by atoms with van der Waals surface area (Å²) in [5.74, 6) is 0.926. The van der Waals surface area contributed by atoms with E-state index in [1.165, 1.54) is 0 Å². The van der Waals surface area contributed by atoms with Gasteiger partial charge in [-0.05, 0) is 13.0 Å². The van der Waals surface area contributed by atoms with Crippen molar-refractivity contribution >= 4 is 11.6 Å². The van der Waals surface area contributed by atoms with Gasteiger partial charge in [0.2, 0.25) is 11.8 Å². The van der Waals surface area contributed by atoms with E-state index in [0.29, 0.717) is 29.4 Å². The van der Waals surface area contributed by atoms with Gasteiger partial charge in [-0.25, -0.2) is 0 Å². The van der Waals surface area contributed by atoms with Crippen LogP contribution in [0, 0.1) is 0 Å². The maximum absolute atomic E-state index is 12.1. The largest absolute Gasteiger partial charge is 0.389 e. The number of aliphatic hydroxyl groups excluding tert-OH is 1. The lowest BCUT2D eigenvalue weighted by molar-refractivity contribution is -0.116. The minimum atomic E-state index is -0.642. The molecule has 1 heterocycles. The lowest BCUT2D eigenvalue weighted by atomic mass is 9.96. The third-order valence-corrected chi connectivity index (χ3v) is 3.39. The van der Waals surface area contributed by atoms with Gasteiger partial charge in [0.15, 0.2) is 5.82 Å². The Morgan fingerprint density at radius 2 is 2.04 bits per heavy atom. The Labute approximate surface area is 135 Å². The Hall–Kier alpha value is -2.21. The molecule has 0 spiro atoms. The highest BCUT2D eigenvalue weighted by molar-refractivity contribution is 5.91. The molecule has 1 aromatic heterocycles. The number of anilines is 1. The molecule has 1 unspecified atom stereocenters. The Bertz CT molecular complexity index is 672. The first-order valence-corrected chi connectivity index (χ1v) is 7.67. The molecule has 1 atom stereocenters. The van der Waals surface area contributed by atoms with Crippen LogP contribution in [0.1, 0.15) is 57.5 Å². The number of aromatic nitrogens is 2. The van der Waals surface area contributed by atoms with E-state index in [4.69, 9.17) is 4.52 Å². The SMILES string of the molecule is CC(O)c1ccccc1NC(=O)CCc1nc(C(C)(C)C)no1. The molecule has 0 saturated carbocycles. The average Bonchev–Trinajstić information content (AvgIpc) is 2.94. The third kappa shape index (κ3) is 4.63. The van der Waals surface area contributed by atoms with E-state index in [1.807, 2.05) is 32.9 Å². The van der Waals surface area contributed by atoms with Crippen molar-refractivity contribution in [2.45, 2.75) is 52.1 Å². The van der Waals surface area contributed by atoms with Gasteiger partial charge < -0.3 is 14.9 Å². The highest BCUT2D eigenvalue weighted by Gasteiger charge is 2.21. The fourth-order valence-corrected chi connectivity index (χ4v) is 2.07. The van der Waals surface area contributed by atoms with Crippen LogP contribution in [-0.4, -0.2) is 21.2 Å². The lowest BCUT2D eigenvalue weighted by Crippen LogP contribution is -2.15. The van der Waals surface area contributed by atoms with Crippen molar-refractivity contribution in [3.63, 3.8) is 0 Å². The number of carbonyl (C=O) groups excluding carboxylic acids is 1. The first-order chi connectivity index (χ1) is 10.8. The molecule has 0 saturated heterocycles. The van der Waals surface area contributed by atoms with E-state index in [2.05, 4.69) is 15.5 Å². The quantitative estimate of drug-likeness (QED) is 0.885. The summed E-state index contributed by atoms with van der Waals surface area (Å²) in [5, 5.41) is 16.5. The Kier molecular flexibility index (Phi) is 5.15. The molecule has 6 nitrogen and oxygen atoms in total. The molecule has 0 bridgehead atoms. The van der Waals surface area contributed by atoms with Crippen molar-refractivity contribution in [2.75, 3.05) is 5.32 Å². The summed E-state index contributed by atoms with van der Waals surface area (Å²) in [6, 6.07) is 7.19. The summed E-state index contributed by atoms with van der Waals surface area (Å²) in [4.78, 5) is 16.4. The number of rotatable bonds is 5. The van der Waals surface area contributed by atoms with Gasteiger partial charge in [-0.2, -0.15) is 4.98 Å². The molecular formula is C17H23N3O3. The van der Waals surface area contributed by atoms with Crippen LogP contribution < -0.4 is 5.32 Å². The number of carbonyl (C=O) groups is 1. The van der Waals surface area contributed by atoms with Gasteiger partial charge in [0.05, 0.1) is 6.10 Å². The van der Waals surface area contributed by atoms with Gasteiger partial charge in [0, 0.05) is 29.5 Å². The fourth-order valence-electron chi connectivity index (χ4n) is 2.07. The highest BCUT2D eigenvalue weighted by Crippen LogP contribution is 2.22. The second-order valence-electron chi connectivity index (χ2n) is 6.57. The molecular weight excluding hydrogens is 294 g/mol. The Balaban J connectivity index is 1.95. The second-order valence-corrected chi connectivity index (χ2v) is 6.57. The van der Waals surface area contributed by atoms with Crippen LogP contribution in [0.3, 0.4) is 0 Å². The number of para-hydroxylation sites is 1. The van der Waals surface area contributed by atoms with Crippen LogP contribution in [0.5, 0.6) is 0 Å². The predicted octanol–water partition coefficient (Wildman–Crippen LogP) is 2.99. The third-order valence-electron chi connectivity index (χ3n) is 3.39. The number of nitrogens with one attached hydrogen (secondary N) is 1. The van der Waals surface area contributed by atoms with E-state index in [9.17, 15) is 9.90 Å². The number of hydrogen-bond acceptors (Lipinski definition) is 5. The minimum absolute atomic E-state index is 0.159. The number of nitrogens with zero attached hydrogens (tertiary/aromatic N) is 2. The van der Waals surface area contributed by atoms with Gasteiger partial charge in [-0.1, -0.05) is 44.1 Å². The van der Waals surface area contributed by atoms with Gasteiger partial charge >= 0.3 is 0 Å². The monoisotopic (exact) mass is 317 g/mol. The first-order valence-electron chi connectivity index (χ1n) is 7.67. The zero-order valence-electron chi connectivity index (χ0n) is 14.0. The molecule has 2 aromatic rings. The van der Waals surface area contributed by atoms with Crippen LogP contribution in [0.25, 0.3) is 0 Å². The molecule has 124 valence electrons. The molecule has 23 heavy (non-hydrogen) atoms. The highest BCUT2D eigenvalue weighted by atomic mass is 16.5. The van der Waals surface area contributed by atoms with Gasteiger partial charge in [-0.15, -0.1) is 0 Å². The zero-order chi connectivity index (χ0) is 17.0. The topological polar surface area (TPSA) is 88.2 Å². The Morgan fingerprint density at radius 1 is 1.35 bits per heavy atom. The van der Waals surface area contributed by atoms with Crippen LogP contribution in [0.15, 0.2) is 28.8 Å². The predicted molar refractivity (Wildman–Crippen MR) is 87.0 cm³/mol. The summed E-state index contributed by atoms with van der Waals surface area (Å²) in [7, 11) is 0. The molecule has 2 N–H and O–H groups in total. The van der Waals surface area contributed by atoms with Crippen molar-refractivity contribution in [1.29, 1.82) is 0 Å². The van der Waals surface area contributed by atoms with E-state index >= 15 is 0 Å². The molecule has 1 aromatic carbocycles. The van der Waals surface area contributed by atoms with E-state index in [1.54, 1.807) is 19.1 Å². The maximum atomic E-state index is 12.1. The molecule has 0 aliphatic rings. The minimum Gasteiger partial charge on any atom is -0.389 e.